The van der Waals surface area contributed by atoms with Crippen molar-refractivity contribution < 1.29 is 9.72 Å². The summed E-state index contributed by atoms with van der Waals surface area (Å²) in [4.78, 5) is 20.9. The Labute approximate surface area is 97.5 Å². The molecule has 0 unspecified atom stereocenters. The molecule has 0 aromatic heterocycles. The van der Waals surface area contributed by atoms with Gasteiger partial charge in [-0.05, 0) is 18.4 Å². The summed E-state index contributed by atoms with van der Waals surface area (Å²) < 4.78 is 0. The summed E-state index contributed by atoms with van der Waals surface area (Å²) in [6.07, 6.45) is 1.77. The summed E-state index contributed by atoms with van der Waals surface area (Å²) in [5.74, 6) is -0.0799. The summed E-state index contributed by atoms with van der Waals surface area (Å²) in [5.41, 5.74) is 4.30. The SMILES string of the molecule is O=C1CC(CCc2ccc([N+](=O)[O-])cc2)=NN1. The summed E-state index contributed by atoms with van der Waals surface area (Å²) in [5, 5.41) is 14.3. The van der Waals surface area contributed by atoms with Gasteiger partial charge in [0.05, 0.1) is 11.3 Å². The lowest BCUT2D eigenvalue weighted by Crippen LogP contribution is -2.09. The van der Waals surface area contributed by atoms with E-state index >= 15 is 0 Å². The molecule has 0 saturated heterocycles. The Morgan fingerprint density at radius 1 is 1.29 bits per heavy atom. The Balaban J connectivity index is 1.91. The van der Waals surface area contributed by atoms with Crippen molar-refractivity contribution in [3.63, 3.8) is 0 Å². The third kappa shape index (κ3) is 2.87. The predicted molar refractivity (Wildman–Crippen MR) is 61.6 cm³/mol. The van der Waals surface area contributed by atoms with Crippen LogP contribution in [0.2, 0.25) is 0 Å². The highest BCUT2D eigenvalue weighted by atomic mass is 16.6. The number of aryl methyl sites for hydroxylation is 1. The Hall–Kier alpha value is -2.24. The number of benzene rings is 1. The normalized spacial score (nSPS) is 14.4. The highest BCUT2D eigenvalue weighted by Gasteiger charge is 2.14. The fraction of sp³-hybridized carbons (Fsp3) is 0.273. The first-order valence-electron chi connectivity index (χ1n) is 5.23. The third-order valence-electron chi connectivity index (χ3n) is 2.55. The zero-order valence-electron chi connectivity index (χ0n) is 9.05. The van der Waals surface area contributed by atoms with E-state index in [-0.39, 0.29) is 11.6 Å². The molecule has 17 heavy (non-hydrogen) atoms. The van der Waals surface area contributed by atoms with Crippen LogP contribution in [0.15, 0.2) is 29.4 Å². The van der Waals surface area contributed by atoms with Crippen LogP contribution >= 0.6 is 0 Å². The van der Waals surface area contributed by atoms with Crippen LogP contribution in [0.5, 0.6) is 0 Å². The quantitative estimate of drug-likeness (QED) is 0.630. The molecule has 0 fully saturated rings. The van der Waals surface area contributed by atoms with E-state index in [0.717, 1.165) is 17.7 Å². The number of nitrogens with zero attached hydrogens (tertiary/aromatic N) is 2. The van der Waals surface area contributed by atoms with Gasteiger partial charge in [0.1, 0.15) is 0 Å². The van der Waals surface area contributed by atoms with E-state index in [0.29, 0.717) is 12.8 Å². The zero-order valence-corrected chi connectivity index (χ0v) is 9.05. The van der Waals surface area contributed by atoms with Crippen molar-refractivity contribution >= 4 is 17.3 Å². The van der Waals surface area contributed by atoms with E-state index in [9.17, 15) is 14.9 Å². The largest absolute Gasteiger partial charge is 0.273 e. The van der Waals surface area contributed by atoms with Crippen molar-refractivity contribution in [3.8, 4) is 0 Å². The number of hydrogen-bond donors (Lipinski definition) is 1. The second-order valence-corrected chi connectivity index (χ2v) is 3.81. The van der Waals surface area contributed by atoms with Crippen LogP contribution in [0, 0.1) is 10.1 Å². The maximum atomic E-state index is 10.9. The second kappa shape index (κ2) is 4.73. The van der Waals surface area contributed by atoms with E-state index < -0.39 is 4.92 Å². The molecule has 0 aliphatic carbocycles. The minimum atomic E-state index is -0.423. The van der Waals surface area contributed by atoms with E-state index in [1.807, 2.05) is 0 Å². The molecule has 0 saturated carbocycles. The lowest BCUT2D eigenvalue weighted by Gasteiger charge is -2.00. The van der Waals surface area contributed by atoms with E-state index in [1.165, 1.54) is 12.1 Å². The Kier molecular flexibility index (Phi) is 3.13. The summed E-state index contributed by atoms with van der Waals surface area (Å²) in [6, 6.07) is 6.41. The van der Waals surface area contributed by atoms with Gasteiger partial charge >= 0.3 is 0 Å². The highest BCUT2D eigenvalue weighted by Crippen LogP contribution is 2.14. The van der Waals surface area contributed by atoms with Crippen molar-refractivity contribution in [2.45, 2.75) is 19.3 Å². The van der Waals surface area contributed by atoms with Crippen molar-refractivity contribution in [1.82, 2.24) is 5.43 Å². The molecule has 88 valence electrons. The van der Waals surface area contributed by atoms with E-state index in [4.69, 9.17) is 0 Å². The first-order valence-corrected chi connectivity index (χ1v) is 5.23. The van der Waals surface area contributed by atoms with Gasteiger partial charge in [-0.25, -0.2) is 5.43 Å². The van der Waals surface area contributed by atoms with Crippen molar-refractivity contribution in [3.05, 3.63) is 39.9 Å². The number of hydrogen-bond acceptors (Lipinski definition) is 4. The molecule has 6 heteroatoms. The fourth-order valence-corrected chi connectivity index (χ4v) is 1.62. The maximum Gasteiger partial charge on any atom is 0.269 e. The lowest BCUT2D eigenvalue weighted by atomic mass is 10.1. The lowest BCUT2D eigenvalue weighted by molar-refractivity contribution is -0.384. The number of rotatable bonds is 4. The fourth-order valence-electron chi connectivity index (χ4n) is 1.62. The number of amides is 1. The molecular weight excluding hydrogens is 222 g/mol. The van der Waals surface area contributed by atoms with Crippen molar-refractivity contribution in [1.29, 1.82) is 0 Å². The molecular formula is C11H11N3O3. The number of hydrazone groups is 1. The molecule has 1 N–H and O–H groups in total. The second-order valence-electron chi connectivity index (χ2n) is 3.81. The molecule has 1 aromatic rings. The van der Waals surface area contributed by atoms with E-state index in [2.05, 4.69) is 10.5 Å². The van der Waals surface area contributed by atoms with Gasteiger partial charge in [0.2, 0.25) is 5.91 Å². The summed E-state index contributed by atoms with van der Waals surface area (Å²) in [6.45, 7) is 0. The van der Waals surface area contributed by atoms with Crippen molar-refractivity contribution in [2.24, 2.45) is 5.10 Å². The van der Waals surface area contributed by atoms with Crippen LogP contribution in [0.3, 0.4) is 0 Å². The smallest absolute Gasteiger partial charge is 0.269 e. The average molecular weight is 233 g/mol. The minimum Gasteiger partial charge on any atom is -0.273 e. The Morgan fingerprint density at radius 3 is 2.53 bits per heavy atom. The first kappa shape index (κ1) is 11.3. The number of carbonyl (C=O) groups excluding carboxylic acids is 1. The molecule has 6 nitrogen and oxygen atoms in total. The number of nitro benzene ring substituents is 1. The molecule has 1 aromatic carbocycles. The molecule has 0 atom stereocenters. The van der Waals surface area contributed by atoms with Gasteiger partial charge in [0, 0.05) is 17.8 Å². The standard InChI is InChI=1S/C11H11N3O3/c15-11-7-9(12-13-11)4-1-8-2-5-10(6-3-8)14(16)17/h2-3,5-6H,1,4,7H2,(H,13,15). The predicted octanol–water partition coefficient (Wildman–Crippen LogP) is 1.40. The van der Waals surface area contributed by atoms with Crippen LogP contribution < -0.4 is 5.43 Å². The number of nitro groups is 1. The third-order valence-corrected chi connectivity index (χ3v) is 2.55. The molecule has 1 heterocycles. The van der Waals surface area contributed by atoms with Crippen LogP contribution in [0.4, 0.5) is 5.69 Å². The van der Waals surface area contributed by atoms with Crippen LogP contribution in [0.1, 0.15) is 18.4 Å². The first-order chi connectivity index (χ1) is 8.15. The number of non-ortho nitro benzene ring substituents is 1. The van der Waals surface area contributed by atoms with E-state index in [1.54, 1.807) is 12.1 Å². The van der Waals surface area contributed by atoms with Gasteiger partial charge in [-0.3, -0.25) is 14.9 Å². The van der Waals surface area contributed by atoms with Crippen LogP contribution in [-0.2, 0) is 11.2 Å². The summed E-state index contributed by atoms with van der Waals surface area (Å²) in [7, 11) is 0. The molecule has 1 amide bonds. The van der Waals surface area contributed by atoms with Crippen molar-refractivity contribution in [2.75, 3.05) is 0 Å². The molecule has 2 rings (SSSR count). The van der Waals surface area contributed by atoms with Gasteiger partial charge in [0.15, 0.2) is 0 Å². The average Bonchev–Trinajstić information content (AvgIpc) is 2.73. The highest BCUT2D eigenvalue weighted by molar-refractivity contribution is 6.04. The van der Waals surface area contributed by atoms with Gasteiger partial charge in [-0.1, -0.05) is 12.1 Å². The molecule has 0 radical (unpaired) electrons. The summed E-state index contributed by atoms with van der Waals surface area (Å²) >= 11 is 0. The topological polar surface area (TPSA) is 84.6 Å². The molecule has 0 spiro atoms. The Bertz CT molecular complexity index is 479. The van der Waals surface area contributed by atoms with Gasteiger partial charge in [-0.15, -0.1) is 0 Å². The molecule has 1 aliphatic heterocycles. The maximum absolute atomic E-state index is 10.9. The Morgan fingerprint density at radius 2 is 2.00 bits per heavy atom. The number of nitrogens with one attached hydrogen (secondary N) is 1. The van der Waals surface area contributed by atoms with Crippen LogP contribution in [0.25, 0.3) is 0 Å². The minimum absolute atomic E-state index is 0.0799. The molecule has 0 bridgehead atoms. The zero-order chi connectivity index (χ0) is 12.3. The monoisotopic (exact) mass is 233 g/mol. The van der Waals surface area contributed by atoms with Gasteiger partial charge in [0.25, 0.3) is 5.69 Å². The van der Waals surface area contributed by atoms with Gasteiger partial charge < -0.3 is 0 Å². The van der Waals surface area contributed by atoms with Crippen LogP contribution in [-0.4, -0.2) is 16.5 Å². The van der Waals surface area contributed by atoms with Gasteiger partial charge in [-0.2, -0.15) is 5.10 Å². The number of carbonyl (C=O) groups is 1. The molecule has 1 aliphatic rings.